The number of carboxylic acids is 1. The third-order valence-corrected chi connectivity index (χ3v) is 4.57. The molecule has 0 radical (unpaired) electrons. The van der Waals surface area contributed by atoms with E-state index >= 15 is 0 Å². The van der Waals surface area contributed by atoms with Crippen molar-refractivity contribution in [3.63, 3.8) is 0 Å². The largest absolute Gasteiger partial charge is 0.481 e. The van der Waals surface area contributed by atoms with E-state index in [2.05, 4.69) is 29.2 Å². The fourth-order valence-corrected chi connectivity index (χ4v) is 2.87. The van der Waals surface area contributed by atoms with Gasteiger partial charge >= 0.3 is 5.97 Å². The van der Waals surface area contributed by atoms with Gasteiger partial charge in [0.15, 0.2) is 5.16 Å². The van der Waals surface area contributed by atoms with E-state index in [9.17, 15) is 4.79 Å². The highest BCUT2D eigenvalue weighted by atomic mass is 32.2. The number of thioether (sulfide) groups is 1. The standard InChI is InChI=1S/C11H18N4O2S/c1-14(2)11(4-3-5-11)7-15-8-12-13-10(15)18-6-9(16)17/h8H,3-7H2,1-2H3,(H,16,17). The lowest BCUT2D eigenvalue weighted by atomic mass is 9.75. The van der Waals surface area contributed by atoms with E-state index < -0.39 is 5.97 Å². The maximum absolute atomic E-state index is 10.6. The van der Waals surface area contributed by atoms with Crippen molar-refractivity contribution in [1.29, 1.82) is 0 Å². The number of hydrogen-bond donors (Lipinski definition) is 1. The Balaban J connectivity index is 2.05. The Kier molecular flexibility index (Phi) is 3.91. The van der Waals surface area contributed by atoms with Gasteiger partial charge in [0.2, 0.25) is 0 Å². The Bertz CT molecular complexity index is 428. The van der Waals surface area contributed by atoms with Gasteiger partial charge < -0.3 is 14.6 Å². The first-order chi connectivity index (χ1) is 8.53. The number of carboxylic acid groups (broad SMARTS) is 1. The van der Waals surface area contributed by atoms with E-state index in [1.165, 1.54) is 31.0 Å². The molecule has 1 fully saturated rings. The first kappa shape index (κ1) is 13.4. The highest BCUT2D eigenvalue weighted by molar-refractivity contribution is 7.99. The summed E-state index contributed by atoms with van der Waals surface area (Å²) in [5.41, 5.74) is 0.181. The second-order valence-electron chi connectivity index (χ2n) is 4.90. The molecule has 1 saturated carbocycles. The Hall–Kier alpha value is -1.08. The smallest absolute Gasteiger partial charge is 0.313 e. The van der Waals surface area contributed by atoms with Crippen molar-refractivity contribution >= 4 is 17.7 Å². The first-order valence-electron chi connectivity index (χ1n) is 5.93. The molecule has 1 aliphatic rings. The highest BCUT2D eigenvalue weighted by Gasteiger charge is 2.39. The molecule has 18 heavy (non-hydrogen) atoms. The van der Waals surface area contributed by atoms with Crippen LogP contribution in [0.15, 0.2) is 11.5 Å². The van der Waals surface area contributed by atoms with Gasteiger partial charge in [-0.25, -0.2) is 0 Å². The van der Waals surface area contributed by atoms with E-state index in [0.717, 1.165) is 6.54 Å². The van der Waals surface area contributed by atoms with E-state index in [-0.39, 0.29) is 11.3 Å². The van der Waals surface area contributed by atoms with Crippen LogP contribution in [0.4, 0.5) is 0 Å². The summed E-state index contributed by atoms with van der Waals surface area (Å²) in [4.78, 5) is 12.8. The first-order valence-corrected chi connectivity index (χ1v) is 6.92. The molecule has 100 valence electrons. The topological polar surface area (TPSA) is 71.2 Å². The number of aromatic nitrogens is 3. The molecule has 1 aromatic rings. The minimum Gasteiger partial charge on any atom is -0.481 e. The predicted molar refractivity (Wildman–Crippen MR) is 68.7 cm³/mol. The summed E-state index contributed by atoms with van der Waals surface area (Å²) in [5, 5.41) is 17.2. The molecule has 0 unspecified atom stereocenters. The Morgan fingerprint density at radius 1 is 1.61 bits per heavy atom. The number of nitrogens with zero attached hydrogens (tertiary/aromatic N) is 4. The van der Waals surface area contributed by atoms with Crippen LogP contribution in [-0.2, 0) is 11.3 Å². The Morgan fingerprint density at radius 3 is 2.83 bits per heavy atom. The van der Waals surface area contributed by atoms with Crippen molar-refractivity contribution in [2.75, 3.05) is 19.8 Å². The quantitative estimate of drug-likeness (QED) is 0.776. The van der Waals surface area contributed by atoms with Gasteiger partial charge in [-0.3, -0.25) is 4.79 Å². The van der Waals surface area contributed by atoms with Crippen molar-refractivity contribution < 1.29 is 9.90 Å². The van der Waals surface area contributed by atoms with Gasteiger partial charge in [0.25, 0.3) is 0 Å². The summed E-state index contributed by atoms with van der Waals surface area (Å²) in [6.45, 7) is 0.828. The number of rotatable bonds is 6. The number of likely N-dealkylation sites (N-methyl/N-ethyl adjacent to an activating group) is 1. The van der Waals surface area contributed by atoms with Crippen LogP contribution in [-0.4, -0.2) is 56.1 Å². The lowest BCUT2D eigenvalue weighted by Gasteiger charge is -2.47. The van der Waals surface area contributed by atoms with Gasteiger partial charge in [0.05, 0.1) is 5.75 Å². The SMILES string of the molecule is CN(C)C1(Cn2cnnc2SCC(=O)O)CCC1. The molecule has 0 aromatic carbocycles. The second-order valence-corrected chi connectivity index (χ2v) is 5.84. The van der Waals surface area contributed by atoms with Gasteiger partial charge in [-0.05, 0) is 33.4 Å². The summed E-state index contributed by atoms with van der Waals surface area (Å²) in [5.74, 6) is -0.811. The van der Waals surface area contributed by atoms with Crippen LogP contribution in [0.25, 0.3) is 0 Å². The zero-order valence-electron chi connectivity index (χ0n) is 10.7. The van der Waals surface area contributed by atoms with Crippen molar-refractivity contribution in [2.45, 2.75) is 36.5 Å². The molecule has 1 N–H and O–H groups in total. The molecule has 0 aliphatic heterocycles. The van der Waals surface area contributed by atoms with Crippen LogP contribution in [0.2, 0.25) is 0 Å². The molecule has 0 bridgehead atoms. The van der Waals surface area contributed by atoms with Crippen molar-refractivity contribution in [2.24, 2.45) is 0 Å². The summed E-state index contributed by atoms with van der Waals surface area (Å²) in [6, 6.07) is 0. The van der Waals surface area contributed by atoms with Crippen molar-refractivity contribution in [1.82, 2.24) is 19.7 Å². The minimum atomic E-state index is -0.833. The average molecular weight is 270 g/mol. The molecule has 1 aliphatic carbocycles. The predicted octanol–water partition coefficient (Wildman–Crippen LogP) is 0.939. The highest BCUT2D eigenvalue weighted by Crippen LogP contribution is 2.38. The number of carbonyl (C=O) groups is 1. The van der Waals surface area contributed by atoms with Crippen LogP contribution in [0, 0.1) is 0 Å². The molecule has 0 amide bonds. The molecule has 2 rings (SSSR count). The molecular formula is C11H18N4O2S. The molecular weight excluding hydrogens is 252 g/mol. The summed E-state index contributed by atoms with van der Waals surface area (Å²) in [7, 11) is 4.18. The summed E-state index contributed by atoms with van der Waals surface area (Å²) < 4.78 is 1.97. The fourth-order valence-electron chi connectivity index (χ4n) is 2.24. The minimum absolute atomic E-state index is 0.0215. The molecule has 7 heteroatoms. The van der Waals surface area contributed by atoms with E-state index in [1.807, 2.05) is 4.57 Å². The maximum atomic E-state index is 10.6. The van der Waals surface area contributed by atoms with Gasteiger partial charge in [-0.15, -0.1) is 10.2 Å². The Morgan fingerprint density at radius 2 is 2.33 bits per heavy atom. The molecule has 1 heterocycles. The van der Waals surface area contributed by atoms with Crippen LogP contribution in [0.5, 0.6) is 0 Å². The van der Waals surface area contributed by atoms with Gasteiger partial charge in [0, 0.05) is 12.1 Å². The lowest BCUT2D eigenvalue weighted by molar-refractivity contribution is -0.133. The lowest BCUT2D eigenvalue weighted by Crippen LogP contribution is -2.53. The van der Waals surface area contributed by atoms with Crippen LogP contribution >= 0.6 is 11.8 Å². The third-order valence-electron chi connectivity index (χ3n) is 3.60. The molecule has 0 spiro atoms. The summed E-state index contributed by atoms with van der Waals surface area (Å²) in [6.07, 6.45) is 5.27. The molecule has 0 atom stereocenters. The molecule has 0 saturated heterocycles. The Labute approximate surface area is 110 Å². The van der Waals surface area contributed by atoms with Crippen molar-refractivity contribution in [3.05, 3.63) is 6.33 Å². The molecule has 6 nitrogen and oxygen atoms in total. The van der Waals surface area contributed by atoms with Gasteiger partial charge in [0.1, 0.15) is 6.33 Å². The maximum Gasteiger partial charge on any atom is 0.313 e. The van der Waals surface area contributed by atoms with Crippen LogP contribution < -0.4 is 0 Å². The van der Waals surface area contributed by atoms with Gasteiger partial charge in [-0.2, -0.15) is 0 Å². The zero-order chi connectivity index (χ0) is 13.2. The zero-order valence-corrected chi connectivity index (χ0v) is 11.5. The van der Waals surface area contributed by atoms with E-state index in [1.54, 1.807) is 6.33 Å². The third kappa shape index (κ3) is 2.67. The molecule has 1 aromatic heterocycles. The number of hydrogen-bond acceptors (Lipinski definition) is 5. The summed E-state index contributed by atoms with van der Waals surface area (Å²) >= 11 is 1.22. The van der Waals surface area contributed by atoms with Crippen molar-refractivity contribution in [3.8, 4) is 0 Å². The van der Waals surface area contributed by atoms with Crippen LogP contribution in [0.1, 0.15) is 19.3 Å². The monoisotopic (exact) mass is 270 g/mol. The second kappa shape index (κ2) is 5.27. The van der Waals surface area contributed by atoms with Crippen LogP contribution in [0.3, 0.4) is 0 Å². The van der Waals surface area contributed by atoms with Gasteiger partial charge in [-0.1, -0.05) is 11.8 Å². The normalized spacial score (nSPS) is 17.7. The average Bonchev–Trinajstić information content (AvgIpc) is 2.67. The van der Waals surface area contributed by atoms with E-state index in [4.69, 9.17) is 5.11 Å². The van der Waals surface area contributed by atoms with E-state index in [0.29, 0.717) is 5.16 Å². The number of aliphatic carboxylic acids is 1. The fraction of sp³-hybridized carbons (Fsp3) is 0.727.